The Morgan fingerprint density at radius 2 is 2.00 bits per heavy atom. The number of benzene rings is 1. The highest BCUT2D eigenvalue weighted by molar-refractivity contribution is 7.09. The maximum Gasteiger partial charge on any atom is 0.130 e. The van der Waals surface area contributed by atoms with Gasteiger partial charge in [0.15, 0.2) is 0 Å². The summed E-state index contributed by atoms with van der Waals surface area (Å²) in [6, 6.07) is 14.0. The number of hydrogen-bond donors (Lipinski definition) is 1. The Kier molecular flexibility index (Phi) is 3.06. The van der Waals surface area contributed by atoms with E-state index in [-0.39, 0.29) is 6.04 Å². The van der Waals surface area contributed by atoms with Crippen LogP contribution in [0.1, 0.15) is 17.4 Å². The molecule has 0 aliphatic carbocycles. The number of nitrogens with zero attached hydrogens (tertiary/aromatic N) is 2. The van der Waals surface area contributed by atoms with Crippen molar-refractivity contribution in [3.63, 3.8) is 0 Å². The van der Waals surface area contributed by atoms with Crippen LogP contribution in [0.3, 0.4) is 0 Å². The van der Waals surface area contributed by atoms with E-state index in [4.69, 9.17) is 4.42 Å². The normalized spacial score (nSPS) is 12.2. The maximum atomic E-state index is 5.50. The Balaban J connectivity index is 1.94. The Labute approximate surface area is 108 Å². The third kappa shape index (κ3) is 2.26. The zero-order chi connectivity index (χ0) is 12.2. The summed E-state index contributed by atoms with van der Waals surface area (Å²) < 4.78 is 9.35. The molecule has 0 fully saturated rings. The number of anilines is 1. The van der Waals surface area contributed by atoms with E-state index in [0.29, 0.717) is 0 Å². The number of hydrogen-bond acceptors (Lipinski definition) is 5. The Morgan fingerprint density at radius 3 is 2.67 bits per heavy atom. The molecule has 1 unspecified atom stereocenters. The van der Waals surface area contributed by atoms with Gasteiger partial charge in [0.2, 0.25) is 0 Å². The summed E-state index contributed by atoms with van der Waals surface area (Å²) in [5.74, 6) is 0.870. The van der Waals surface area contributed by atoms with Crippen LogP contribution < -0.4 is 5.32 Å². The van der Waals surface area contributed by atoms with Gasteiger partial charge in [-0.1, -0.05) is 34.8 Å². The molecular weight excluding hydrogens is 246 g/mol. The molecule has 4 nitrogen and oxygen atoms in total. The number of rotatable bonds is 4. The summed E-state index contributed by atoms with van der Waals surface area (Å²) in [4.78, 5) is 0. The first-order chi connectivity index (χ1) is 8.93. The van der Waals surface area contributed by atoms with Crippen molar-refractivity contribution in [2.24, 2.45) is 0 Å². The molecule has 0 saturated heterocycles. The van der Waals surface area contributed by atoms with Crippen molar-refractivity contribution in [3.05, 3.63) is 66.2 Å². The van der Waals surface area contributed by atoms with Crippen LogP contribution in [0.25, 0.3) is 0 Å². The highest BCUT2D eigenvalue weighted by Gasteiger charge is 2.17. The van der Waals surface area contributed by atoms with Crippen LogP contribution in [0.2, 0.25) is 0 Å². The second-order valence-corrected chi connectivity index (χ2v) is 4.57. The monoisotopic (exact) mass is 257 g/mol. The maximum absolute atomic E-state index is 5.50. The van der Waals surface area contributed by atoms with E-state index < -0.39 is 0 Å². The van der Waals surface area contributed by atoms with Gasteiger partial charge in [0.25, 0.3) is 0 Å². The summed E-state index contributed by atoms with van der Waals surface area (Å²) in [6.45, 7) is 0. The van der Waals surface area contributed by atoms with E-state index in [1.165, 1.54) is 11.5 Å². The predicted molar refractivity (Wildman–Crippen MR) is 70.5 cm³/mol. The van der Waals surface area contributed by atoms with Crippen molar-refractivity contribution in [2.45, 2.75) is 6.04 Å². The lowest BCUT2D eigenvalue weighted by Crippen LogP contribution is -2.10. The third-order valence-electron chi connectivity index (χ3n) is 2.61. The standard InChI is InChI=1S/C13H11N3OS/c1-2-5-10(6-3-1)13(11-7-4-8-17-11)15-12-9-14-16-18-12/h1-9,13,15H. The molecule has 0 aliphatic heterocycles. The fraction of sp³-hybridized carbons (Fsp3) is 0.0769. The topological polar surface area (TPSA) is 51.0 Å². The van der Waals surface area contributed by atoms with Gasteiger partial charge in [-0.25, -0.2) is 0 Å². The lowest BCUT2D eigenvalue weighted by molar-refractivity contribution is 0.499. The molecule has 90 valence electrons. The van der Waals surface area contributed by atoms with Crippen LogP contribution in [0, 0.1) is 0 Å². The van der Waals surface area contributed by atoms with Gasteiger partial charge in [-0.2, -0.15) is 0 Å². The molecule has 1 atom stereocenters. The summed E-state index contributed by atoms with van der Waals surface area (Å²) in [6.07, 6.45) is 3.39. The lowest BCUT2D eigenvalue weighted by Gasteiger charge is -2.16. The van der Waals surface area contributed by atoms with E-state index in [1.807, 2.05) is 30.3 Å². The molecule has 2 heterocycles. The SMILES string of the molecule is c1ccc(C(Nc2cnns2)c2ccco2)cc1. The van der Waals surface area contributed by atoms with Crippen molar-refractivity contribution < 1.29 is 4.42 Å². The molecule has 0 spiro atoms. The van der Waals surface area contributed by atoms with Gasteiger partial charge in [0.05, 0.1) is 12.5 Å². The number of furan rings is 1. The molecule has 5 heteroatoms. The van der Waals surface area contributed by atoms with Crippen molar-refractivity contribution in [2.75, 3.05) is 5.32 Å². The van der Waals surface area contributed by atoms with Gasteiger partial charge in [0, 0.05) is 11.5 Å². The first-order valence-electron chi connectivity index (χ1n) is 5.56. The minimum absolute atomic E-state index is 0.0246. The predicted octanol–water partition coefficient (Wildman–Crippen LogP) is 3.33. The second kappa shape index (κ2) is 5.01. The van der Waals surface area contributed by atoms with Crippen molar-refractivity contribution in [3.8, 4) is 0 Å². The molecule has 0 aliphatic rings. The van der Waals surface area contributed by atoms with Crippen molar-refractivity contribution >= 4 is 16.5 Å². The molecular formula is C13H11N3OS. The smallest absolute Gasteiger partial charge is 0.130 e. The van der Waals surface area contributed by atoms with Gasteiger partial charge in [-0.3, -0.25) is 0 Å². The Bertz CT molecular complexity index is 578. The summed E-state index contributed by atoms with van der Waals surface area (Å²) >= 11 is 1.33. The molecule has 1 N–H and O–H groups in total. The highest BCUT2D eigenvalue weighted by atomic mass is 32.1. The molecule has 1 aromatic carbocycles. The van der Waals surface area contributed by atoms with Crippen molar-refractivity contribution in [1.82, 2.24) is 9.59 Å². The van der Waals surface area contributed by atoms with E-state index >= 15 is 0 Å². The minimum atomic E-state index is -0.0246. The third-order valence-corrected chi connectivity index (χ3v) is 3.20. The molecule has 0 bridgehead atoms. The van der Waals surface area contributed by atoms with E-state index in [1.54, 1.807) is 12.5 Å². The largest absolute Gasteiger partial charge is 0.467 e. The van der Waals surface area contributed by atoms with Gasteiger partial charge < -0.3 is 9.73 Å². The van der Waals surface area contributed by atoms with Crippen LogP contribution in [-0.2, 0) is 0 Å². The van der Waals surface area contributed by atoms with Gasteiger partial charge in [-0.15, -0.1) is 5.10 Å². The fourth-order valence-electron chi connectivity index (χ4n) is 1.79. The molecule has 3 rings (SSSR count). The van der Waals surface area contributed by atoms with E-state index in [2.05, 4.69) is 27.0 Å². The fourth-order valence-corrected chi connectivity index (χ4v) is 2.24. The van der Waals surface area contributed by atoms with E-state index in [9.17, 15) is 0 Å². The van der Waals surface area contributed by atoms with Crippen LogP contribution in [-0.4, -0.2) is 9.59 Å². The number of nitrogens with one attached hydrogen (secondary N) is 1. The molecule has 0 saturated carbocycles. The van der Waals surface area contributed by atoms with Crippen LogP contribution in [0.4, 0.5) is 5.00 Å². The van der Waals surface area contributed by atoms with Crippen molar-refractivity contribution in [1.29, 1.82) is 0 Å². The Morgan fingerprint density at radius 1 is 1.11 bits per heavy atom. The second-order valence-electron chi connectivity index (χ2n) is 3.79. The zero-order valence-corrected chi connectivity index (χ0v) is 10.3. The average molecular weight is 257 g/mol. The molecule has 0 amide bonds. The van der Waals surface area contributed by atoms with Gasteiger partial charge in [0.1, 0.15) is 16.8 Å². The molecule has 2 aromatic heterocycles. The summed E-state index contributed by atoms with van der Waals surface area (Å²) in [5.41, 5.74) is 1.14. The molecule has 18 heavy (non-hydrogen) atoms. The van der Waals surface area contributed by atoms with Crippen LogP contribution in [0.5, 0.6) is 0 Å². The average Bonchev–Trinajstić information content (AvgIpc) is 3.10. The summed E-state index contributed by atoms with van der Waals surface area (Å²) in [5, 5.41) is 8.12. The quantitative estimate of drug-likeness (QED) is 0.779. The highest BCUT2D eigenvalue weighted by Crippen LogP contribution is 2.27. The first kappa shape index (κ1) is 11.0. The Hall–Kier alpha value is -2.14. The summed E-state index contributed by atoms with van der Waals surface area (Å²) in [7, 11) is 0. The lowest BCUT2D eigenvalue weighted by atomic mass is 10.1. The minimum Gasteiger partial charge on any atom is -0.467 e. The van der Waals surface area contributed by atoms with Crippen LogP contribution >= 0.6 is 11.5 Å². The van der Waals surface area contributed by atoms with E-state index in [0.717, 1.165) is 16.3 Å². The number of aromatic nitrogens is 2. The molecule has 0 radical (unpaired) electrons. The van der Waals surface area contributed by atoms with Crippen LogP contribution in [0.15, 0.2) is 59.3 Å². The molecule has 3 aromatic rings. The van der Waals surface area contributed by atoms with Gasteiger partial charge >= 0.3 is 0 Å². The zero-order valence-electron chi connectivity index (χ0n) is 9.48. The van der Waals surface area contributed by atoms with Gasteiger partial charge in [-0.05, 0) is 17.7 Å². The first-order valence-corrected chi connectivity index (χ1v) is 6.33.